The Kier molecular flexibility index (Phi) is 6.42. The minimum atomic E-state index is -0.541. The molecule has 4 atom stereocenters. The van der Waals surface area contributed by atoms with Crippen LogP contribution in [0.5, 0.6) is 5.75 Å². The summed E-state index contributed by atoms with van der Waals surface area (Å²) in [6.45, 7) is 5.92. The summed E-state index contributed by atoms with van der Waals surface area (Å²) in [4.78, 5) is 29.3. The van der Waals surface area contributed by atoms with Crippen LogP contribution in [-0.2, 0) is 20.8 Å². The molecular weight excluding hydrogens is 516 g/mol. The van der Waals surface area contributed by atoms with Crippen LogP contribution in [0, 0.1) is 5.41 Å². The van der Waals surface area contributed by atoms with Gasteiger partial charge in [-0.05, 0) is 80.5 Å². The van der Waals surface area contributed by atoms with E-state index >= 15 is 0 Å². The van der Waals surface area contributed by atoms with E-state index in [0.29, 0.717) is 31.1 Å². The molecule has 1 saturated heterocycles. The van der Waals surface area contributed by atoms with Crippen LogP contribution < -0.4 is 4.74 Å². The number of morpholine rings is 1. The molecule has 2 saturated carbocycles. The van der Waals surface area contributed by atoms with Crippen LogP contribution in [0.3, 0.4) is 0 Å². The molecule has 1 aromatic heterocycles. The number of amides is 1. The number of rotatable bonds is 4. The van der Waals surface area contributed by atoms with Crippen LogP contribution in [0.25, 0.3) is 22.2 Å². The molecule has 0 radical (unpaired) electrons. The Morgan fingerprint density at radius 3 is 2.44 bits per heavy atom. The third-order valence-electron chi connectivity index (χ3n) is 10.1. The summed E-state index contributed by atoms with van der Waals surface area (Å²) in [5, 5.41) is 1.19. The highest BCUT2D eigenvalue weighted by atomic mass is 16.5. The van der Waals surface area contributed by atoms with E-state index in [9.17, 15) is 9.59 Å². The first-order valence-electron chi connectivity index (χ1n) is 15.2. The number of hydrogen-bond acceptors (Lipinski definition) is 5. The highest BCUT2D eigenvalue weighted by molar-refractivity contribution is 6.00. The van der Waals surface area contributed by atoms with E-state index in [4.69, 9.17) is 14.2 Å². The number of methoxy groups -OCH3 is 2. The molecule has 7 heteroatoms. The fourth-order valence-corrected chi connectivity index (χ4v) is 8.18. The van der Waals surface area contributed by atoms with Crippen molar-refractivity contribution in [2.45, 2.75) is 83.0 Å². The van der Waals surface area contributed by atoms with Gasteiger partial charge in [-0.3, -0.25) is 4.79 Å². The van der Waals surface area contributed by atoms with Crippen LogP contribution >= 0.6 is 0 Å². The second kappa shape index (κ2) is 9.90. The number of benzene rings is 2. The highest BCUT2D eigenvalue weighted by Crippen LogP contribution is 2.66. The maximum absolute atomic E-state index is 14.6. The lowest BCUT2D eigenvalue weighted by atomic mass is 9.81. The average Bonchev–Trinajstić information content (AvgIpc) is 3.66. The second-order valence-electron chi connectivity index (χ2n) is 12.7. The molecule has 2 aliphatic carbocycles. The molecule has 7 rings (SSSR count). The van der Waals surface area contributed by atoms with E-state index in [-0.39, 0.29) is 30.0 Å². The summed E-state index contributed by atoms with van der Waals surface area (Å²) in [5.74, 6) is 1.26. The van der Waals surface area contributed by atoms with Crippen LogP contribution in [-0.4, -0.2) is 60.9 Å². The predicted octanol–water partition coefficient (Wildman–Crippen LogP) is 6.27. The van der Waals surface area contributed by atoms with E-state index in [2.05, 4.69) is 22.8 Å². The van der Waals surface area contributed by atoms with Gasteiger partial charge in [-0.15, -0.1) is 0 Å². The number of nitrogens with zero attached hydrogens (tertiary/aromatic N) is 2. The molecule has 41 heavy (non-hydrogen) atoms. The summed E-state index contributed by atoms with van der Waals surface area (Å²) in [6, 6.07) is 12.4. The highest BCUT2D eigenvalue weighted by Gasteiger charge is 2.64. The molecule has 0 spiro atoms. The number of carbonyl (C=O) groups excluding carboxylic acids is 2. The quantitative estimate of drug-likeness (QED) is 0.354. The van der Waals surface area contributed by atoms with Crippen LogP contribution in [0.4, 0.5) is 0 Å². The average molecular weight is 557 g/mol. The molecule has 1 amide bonds. The molecular formula is C34H40N2O5. The number of hydrogen-bond donors (Lipinski definition) is 0. The molecule has 2 aliphatic heterocycles. The first-order valence-corrected chi connectivity index (χ1v) is 15.2. The maximum atomic E-state index is 14.6. The van der Waals surface area contributed by atoms with E-state index in [1.165, 1.54) is 54.1 Å². The van der Waals surface area contributed by atoms with Gasteiger partial charge in [-0.1, -0.05) is 25.3 Å². The summed E-state index contributed by atoms with van der Waals surface area (Å²) in [6.07, 6.45) is 6.88. The number of ether oxygens (including phenoxy) is 3. The van der Waals surface area contributed by atoms with Gasteiger partial charge in [0.1, 0.15) is 5.75 Å². The van der Waals surface area contributed by atoms with Gasteiger partial charge >= 0.3 is 5.97 Å². The Balaban J connectivity index is 1.46. The lowest BCUT2D eigenvalue weighted by Gasteiger charge is -2.37. The van der Waals surface area contributed by atoms with Crippen molar-refractivity contribution in [1.29, 1.82) is 0 Å². The minimum Gasteiger partial charge on any atom is -0.497 e. The predicted molar refractivity (Wildman–Crippen MR) is 157 cm³/mol. The van der Waals surface area contributed by atoms with Gasteiger partial charge in [0.25, 0.3) is 0 Å². The molecule has 4 aliphatic rings. The number of fused-ring (bicyclic) bond motifs is 7. The van der Waals surface area contributed by atoms with Gasteiger partial charge in [0.2, 0.25) is 5.91 Å². The molecule has 2 unspecified atom stereocenters. The Morgan fingerprint density at radius 2 is 1.73 bits per heavy atom. The molecule has 3 heterocycles. The molecule has 0 N–H and O–H groups in total. The standard InChI is InChI=1S/C34H40N2O5/c1-20-17-35(18-21(2)41-20)33(38)34-16-28(34)27-15-24(39-3)11-13-25(27)31-30(22-8-6-5-7-9-22)26-12-10-23(32(37)40-4)14-29(26)36(31)19-34/h10-15,20-22,28H,5-9,16-19H2,1-4H3/t20-,21+,28?,34?. The molecule has 216 valence electrons. The maximum Gasteiger partial charge on any atom is 0.337 e. The zero-order valence-corrected chi connectivity index (χ0v) is 24.6. The Labute approximate surface area is 241 Å². The van der Waals surface area contributed by atoms with Crippen LogP contribution in [0.1, 0.15) is 85.7 Å². The van der Waals surface area contributed by atoms with Crippen molar-refractivity contribution in [3.63, 3.8) is 0 Å². The Bertz CT molecular complexity index is 1530. The Hall–Kier alpha value is -3.32. The zero-order chi connectivity index (χ0) is 28.5. The normalized spacial score (nSPS) is 27.4. The molecule has 0 bridgehead atoms. The fourth-order valence-electron chi connectivity index (χ4n) is 8.18. The monoisotopic (exact) mass is 556 g/mol. The summed E-state index contributed by atoms with van der Waals surface area (Å²) in [5.41, 5.74) is 6.02. The largest absolute Gasteiger partial charge is 0.497 e. The van der Waals surface area contributed by atoms with Crippen molar-refractivity contribution in [3.8, 4) is 17.0 Å². The smallest absolute Gasteiger partial charge is 0.337 e. The number of carbonyl (C=O) groups is 2. The topological polar surface area (TPSA) is 70.0 Å². The molecule has 3 fully saturated rings. The third-order valence-corrected chi connectivity index (χ3v) is 10.1. The summed E-state index contributed by atoms with van der Waals surface area (Å²) in [7, 11) is 3.13. The van der Waals surface area contributed by atoms with Crippen molar-refractivity contribution in [3.05, 3.63) is 53.1 Å². The first-order chi connectivity index (χ1) is 19.8. The van der Waals surface area contributed by atoms with Crippen molar-refractivity contribution >= 4 is 22.8 Å². The fraction of sp³-hybridized carbons (Fsp3) is 0.529. The van der Waals surface area contributed by atoms with E-state index in [0.717, 1.165) is 30.5 Å². The van der Waals surface area contributed by atoms with Gasteiger partial charge < -0.3 is 23.7 Å². The van der Waals surface area contributed by atoms with Crippen molar-refractivity contribution in [1.82, 2.24) is 9.47 Å². The molecule has 2 aromatic carbocycles. The molecule has 3 aromatic rings. The second-order valence-corrected chi connectivity index (χ2v) is 12.7. The summed E-state index contributed by atoms with van der Waals surface area (Å²) >= 11 is 0. The Morgan fingerprint density at radius 1 is 0.976 bits per heavy atom. The number of aromatic nitrogens is 1. The lowest BCUT2D eigenvalue weighted by molar-refractivity contribution is -0.149. The zero-order valence-electron chi connectivity index (χ0n) is 24.6. The van der Waals surface area contributed by atoms with Gasteiger partial charge in [0.05, 0.1) is 43.1 Å². The number of esters is 1. The van der Waals surface area contributed by atoms with E-state index < -0.39 is 5.41 Å². The van der Waals surface area contributed by atoms with Crippen molar-refractivity contribution < 1.29 is 23.8 Å². The van der Waals surface area contributed by atoms with Crippen LogP contribution in [0.15, 0.2) is 36.4 Å². The van der Waals surface area contributed by atoms with Crippen LogP contribution in [0.2, 0.25) is 0 Å². The lowest BCUT2D eigenvalue weighted by Crippen LogP contribution is -2.51. The third kappa shape index (κ3) is 4.18. The minimum absolute atomic E-state index is 0.0120. The molecule has 7 nitrogen and oxygen atoms in total. The van der Waals surface area contributed by atoms with Crippen molar-refractivity contribution in [2.75, 3.05) is 27.3 Å². The van der Waals surface area contributed by atoms with E-state index in [1.54, 1.807) is 7.11 Å². The van der Waals surface area contributed by atoms with Gasteiger partial charge in [-0.2, -0.15) is 0 Å². The van der Waals surface area contributed by atoms with E-state index in [1.807, 2.05) is 36.9 Å². The first kappa shape index (κ1) is 26.6. The van der Waals surface area contributed by atoms with Crippen molar-refractivity contribution in [2.24, 2.45) is 5.41 Å². The van der Waals surface area contributed by atoms with Gasteiger partial charge in [0, 0.05) is 42.0 Å². The van der Waals surface area contributed by atoms with Gasteiger partial charge in [-0.25, -0.2) is 4.79 Å². The summed E-state index contributed by atoms with van der Waals surface area (Å²) < 4.78 is 19.2. The SMILES string of the molecule is COC(=O)c1ccc2c(C3CCCCC3)c3n(c2c1)CC1(C(=O)N2C[C@@H](C)O[C@@H](C)C2)CC1c1cc(OC)ccc1-3. The van der Waals surface area contributed by atoms with Gasteiger partial charge in [0.15, 0.2) is 0 Å².